The molecule has 6 heteroatoms. The lowest BCUT2D eigenvalue weighted by Gasteiger charge is -1.97. The zero-order valence-electron chi connectivity index (χ0n) is 6.61. The van der Waals surface area contributed by atoms with Gasteiger partial charge in [-0.05, 0) is 6.92 Å². The van der Waals surface area contributed by atoms with Crippen LogP contribution >= 0.6 is 11.8 Å². The number of ether oxygens (including phenoxy) is 1. The number of hydrogen-bond acceptors (Lipinski definition) is 5. The van der Waals surface area contributed by atoms with Crippen molar-refractivity contribution in [2.75, 3.05) is 12.4 Å². The minimum absolute atomic E-state index is 0.243. The summed E-state index contributed by atoms with van der Waals surface area (Å²) in [5.41, 5.74) is 0. The van der Waals surface area contributed by atoms with Crippen molar-refractivity contribution in [1.29, 1.82) is 0 Å². The monoisotopic (exact) mass is 187 g/mol. The van der Waals surface area contributed by atoms with Gasteiger partial charge in [0.2, 0.25) is 5.16 Å². The zero-order valence-corrected chi connectivity index (χ0v) is 7.43. The number of hydrogen-bond donors (Lipinski definition) is 1. The fourth-order valence-corrected chi connectivity index (χ4v) is 1.17. The molecule has 0 bridgehead atoms. The molecule has 0 fully saturated rings. The van der Waals surface area contributed by atoms with Crippen molar-refractivity contribution in [2.24, 2.45) is 0 Å². The van der Waals surface area contributed by atoms with Crippen LogP contribution in [0.1, 0.15) is 6.92 Å². The van der Waals surface area contributed by atoms with E-state index in [1.165, 1.54) is 18.1 Å². The van der Waals surface area contributed by atoms with Crippen LogP contribution in [0.4, 0.5) is 0 Å². The first-order chi connectivity index (χ1) is 5.83. The van der Waals surface area contributed by atoms with Crippen molar-refractivity contribution in [3.05, 3.63) is 6.33 Å². The third-order valence-corrected chi connectivity index (χ3v) is 1.85. The van der Waals surface area contributed by atoms with Gasteiger partial charge in [0.1, 0.15) is 6.33 Å². The first kappa shape index (κ1) is 9.05. The largest absolute Gasteiger partial charge is 0.465 e. The predicted octanol–water partition coefficient (Wildman–Crippen LogP) is 0.460. The van der Waals surface area contributed by atoms with Crippen molar-refractivity contribution < 1.29 is 9.53 Å². The van der Waals surface area contributed by atoms with E-state index in [-0.39, 0.29) is 11.7 Å². The minimum atomic E-state index is -0.243. The molecule has 0 amide bonds. The molecule has 1 N–H and O–H groups in total. The van der Waals surface area contributed by atoms with E-state index in [1.807, 2.05) is 0 Å². The molecule has 1 heterocycles. The Bertz CT molecular complexity index is 237. The normalized spacial score (nSPS) is 9.75. The SMILES string of the molecule is CCOC(=O)CSc1nc[nH]n1. The topological polar surface area (TPSA) is 67.9 Å². The molecule has 1 rings (SSSR count). The second-order valence-corrected chi connectivity index (χ2v) is 2.82. The van der Waals surface area contributed by atoms with Crippen molar-refractivity contribution in [1.82, 2.24) is 15.2 Å². The van der Waals surface area contributed by atoms with Crippen molar-refractivity contribution in [3.8, 4) is 0 Å². The number of carbonyl (C=O) groups excluding carboxylic acids is 1. The summed E-state index contributed by atoms with van der Waals surface area (Å²) in [5.74, 6) is 0.0124. The Morgan fingerprint density at radius 3 is 3.25 bits per heavy atom. The maximum atomic E-state index is 10.8. The highest BCUT2D eigenvalue weighted by molar-refractivity contribution is 7.99. The Morgan fingerprint density at radius 2 is 2.67 bits per heavy atom. The van der Waals surface area contributed by atoms with E-state index in [0.717, 1.165) is 0 Å². The van der Waals surface area contributed by atoms with Gasteiger partial charge in [-0.3, -0.25) is 9.89 Å². The van der Waals surface area contributed by atoms with Crippen LogP contribution in [0.25, 0.3) is 0 Å². The van der Waals surface area contributed by atoms with Crippen LogP contribution in [0, 0.1) is 0 Å². The molecule has 5 nitrogen and oxygen atoms in total. The number of rotatable bonds is 4. The summed E-state index contributed by atoms with van der Waals surface area (Å²) in [4.78, 5) is 14.7. The molecule has 0 unspecified atom stereocenters. The Morgan fingerprint density at radius 1 is 1.83 bits per heavy atom. The van der Waals surface area contributed by atoms with Gasteiger partial charge in [0.15, 0.2) is 0 Å². The molecule has 12 heavy (non-hydrogen) atoms. The van der Waals surface area contributed by atoms with Crippen molar-refractivity contribution in [3.63, 3.8) is 0 Å². The molecule has 66 valence electrons. The van der Waals surface area contributed by atoms with Gasteiger partial charge in [-0.2, -0.15) is 0 Å². The molecule has 1 aromatic rings. The molecule has 0 saturated carbocycles. The molecule has 0 saturated heterocycles. The minimum Gasteiger partial charge on any atom is -0.465 e. The molecular formula is C6H9N3O2S. The van der Waals surface area contributed by atoms with Crippen LogP contribution in [0.5, 0.6) is 0 Å². The second kappa shape index (κ2) is 4.76. The van der Waals surface area contributed by atoms with E-state index in [1.54, 1.807) is 6.92 Å². The van der Waals surface area contributed by atoms with E-state index in [9.17, 15) is 4.79 Å². The van der Waals surface area contributed by atoms with Crippen LogP contribution in [0.15, 0.2) is 11.5 Å². The van der Waals surface area contributed by atoms with Gasteiger partial charge in [-0.25, -0.2) is 4.98 Å². The standard InChI is InChI=1S/C6H9N3O2S/c1-2-11-5(10)3-12-6-7-4-8-9-6/h4H,2-3H2,1H3,(H,7,8,9). The van der Waals surface area contributed by atoms with E-state index < -0.39 is 0 Å². The predicted molar refractivity (Wildman–Crippen MR) is 43.7 cm³/mol. The highest BCUT2D eigenvalue weighted by atomic mass is 32.2. The number of esters is 1. The van der Waals surface area contributed by atoms with Crippen LogP contribution < -0.4 is 0 Å². The summed E-state index contributed by atoms with van der Waals surface area (Å²) < 4.78 is 4.71. The molecule has 0 aliphatic heterocycles. The average Bonchev–Trinajstić information content (AvgIpc) is 2.53. The number of H-pyrrole nitrogens is 1. The molecule has 0 aliphatic carbocycles. The number of nitrogens with zero attached hydrogens (tertiary/aromatic N) is 2. The first-order valence-electron chi connectivity index (χ1n) is 3.47. The van der Waals surface area contributed by atoms with Gasteiger partial charge in [-0.15, -0.1) is 5.10 Å². The first-order valence-corrected chi connectivity index (χ1v) is 4.45. The fourth-order valence-electron chi connectivity index (χ4n) is 0.593. The third-order valence-electron chi connectivity index (χ3n) is 1.02. The van der Waals surface area contributed by atoms with Gasteiger partial charge in [0, 0.05) is 0 Å². The number of aromatic nitrogens is 3. The van der Waals surface area contributed by atoms with Crippen LogP contribution in [0.3, 0.4) is 0 Å². The summed E-state index contributed by atoms with van der Waals surface area (Å²) in [7, 11) is 0. The van der Waals surface area contributed by atoms with Crippen molar-refractivity contribution in [2.45, 2.75) is 12.1 Å². The highest BCUT2D eigenvalue weighted by Crippen LogP contribution is 2.09. The van der Waals surface area contributed by atoms with Gasteiger partial charge in [0.05, 0.1) is 12.4 Å². The third kappa shape index (κ3) is 2.91. The number of thioether (sulfide) groups is 1. The molecule has 0 aliphatic rings. The van der Waals surface area contributed by atoms with E-state index in [2.05, 4.69) is 15.2 Å². The molecular weight excluding hydrogens is 178 g/mol. The lowest BCUT2D eigenvalue weighted by atomic mass is 10.8. The van der Waals surface area contributed by atoms with E-state index in [4.69, 9.17) is 4.74 Å². The summed E-state index contributed by atoms with van der Waals surface area (Å²) in [6, 6.07) is 0. The maximum absolute atomic E-state index is 10.8. The molecule has 1 aromatic heterocycles. The molecule has 0 aromatic carbocycles. The Labute approximate surface area is 73.9 Å². The number of aromatic amines is 1. The lowest BCUT2D eigenvalue weighted by Crippen LogP contribution is -2.06. The summed E-state index contributed by atoms with van der Waals surface area (Å²) in [6.45, 7) is 2.18. The Kier molecular flexibility index (Phi) is 3.59. The summed E-state index contributed by atoms with van der Waals surface area (Å²) >= 11 is 1.25. The van der Waals surface area contributed by atoms with Gasteiger partial charge in [0.25, 0.3) is 0 Å². The van der Waals surface area contributed by atoms with E-state index in [0.29, 0.717) is 11.8 Å². The van der Waals surface area contributed by atoms with Gasteiger partial charge >= 0.3 is 5.97 Å². The van der Waals surface area contributed by atoms with Crippen molar-refractivity contribution >= 4 is 17.7 Å². The van der Waals surface area contributed by atoms with Crippen LogP contribution in [-0.4, -0.2) is 33.5 Å². The average molecular weight is 187 g/mol. The zero-order chi connectivity index (χ0) is 8.81. The van der Waals surface area contributed by atoms with E-state index >= 15 is 0 Å². The van der Waals surface area contributed by atoms with Crippen LogP contribution in [0.2, 0.25) is 0 Å². The Balaban J connectivity index is 2.22. The van der Waals surface area contributed by atoms with Gasteiger partial charge < -0.3 is 4.74 Å². The summed E-state index contributed by atoms with van der Waals surface area (Å²) in [6.07, 6.45) is 1.47. The maximum Gasteiger partial charge on any atom is 0.316 e. The Hall–Kier alpha value is -1.04. The molecule has 0 spiro atoms. The van der Waals surface area contributed by atoms with Gasteiger partial charge in [-0.1, -0.05) is 11.8 Å². The highest BCUT2D eigenvalue weighted by Gasteiger charge is 2.04. The number of nitrogens with one attached hydrogen (secondary N) is 1. The van der Waals surface area contributed by atoms with Crippen LogP contribution in [-0.2, 0) is 9.53 Å². The smallest absolute Gasteiger partial charge is 0.316 e. The quantitative estimate of drug-likeness (QED) is 0.548. The number of carbonyl (C=O) groups is 1. The fraction of sp³-hybridized carbons (Fsp3) is 0.500. The lowest BCUT2D eigenvalue weighted by molar-refractivity contribution is -0.139. The summed E-state index contributed by atoms with van der Waals surface area (Å²) in [5, 5.41) is 6.88. The molecule has 0 atom stereocenters. The molecule has 0 radical (unpaired) electrons. The second-order valence-electron chi connectivity index (χ2n) is 1.88.